The van der Waals surface area contributed by atoms with Crippen molar-refractivity contribution in [3.8, 4) is 0 Å². The molecular formula is C27H23N3O2S. The largest absolute Gasteiger partial charge is 0.322 e. The van der Waals surface area contributed by atoms with Crippen molar-refractivity contribution in [2.24, 2.45) is 0 Å². The Morgan fingerprint density at radius 3 is 2.15 bits per heavy atom. The molecule has 164 valence electrons. The van der Waals surface area contributed by atoms with E-state index in [9.17, 15) is 9.59 Å². The van der Waals surface area contributed by atoms with Crippen molar-refractivity contribution in [3.63, 3.8) is 0 Å². The van der Waals surface area contributed by atoms with Gasteiger partial charge in [-0.3, -0.25) is 9.59 Å². The Morgan fingerprint density at radius 2 is 1.48 bits per heavy atom. The van der Waals surface area contributed by atoms with Gasteiger partial charge in [0, 0.05) is 22.3 Å². The molecule has 1 aromatic heterocycles. The van der Waals surface area contributed by atoms with E-state index in [0.717, 1.165) is 16.0 Å². The molecule has 3 aromatic carbocycles. The van der Waals surface area contributed by atoms with Crippen LogP contribution in [0.3, 0.4) is 0 Å². The fraction of sp³-hybridized carbons (Fsp3) is 0.0741. The third-order valence-corrected chi connectivity index (χ3v) is 6.20. The average Bonchev–Trinajstić information content (AvgIpc) is 2.85. The second kappa shape index (κ2) is 10.6. The van der Waals surface area contributed by atoms with Gasteiger partial charge >= 0.3 is 0 Å². The molecule has 1 atom stereocenters. The summed E-state index contributed by atoms with van der Waals surface area (Å²) in [5, 5.41) is 5.34. The van der Waals surface area contributed by atoms with Gasteiger partial charge in [0.25, 0.3) is 5.91 Å². The van der Waals surface area contributed by atoms with Crippen LogP contribution in [0, 0.1) is 6.92 Å². The van der Waals surface area contributed by atoms with E-state index >= 15 is 0 Å². The van der Waals surface area contributed by atoms with Gasteiger partial charge in [-0.05, 0) is 61.0 Å². The van der Waals surface area contributed by atoms with Gasteiger partial charge in [0.1, 0.15) is 11.1 Å². The summed E-state index contributed by atoms with van der Waals surface area (Å²) in [5.74, 6) is 0.201. The van der Waals surface area contributed by atoms with E-state index < -0.39 is 5.25 Å². The molecule has 0 aliphatic carbocycles. The number of anilines is 2. The smallest absolute Gasteiger partial charge is 0.255 e. The number of carbonyl (C=O) groups excluding carboxylic acids is 2. The molecule has 0 aliphatic heterocycles. The van der Waals surface area contributed by atoms with Crippen molar-refractivity contribution in [1.82, 2.24) is 4.98 Å². The summed E-state index contributed by atoms with van der Waals surface area (Å²) in [6.45, 7) is 1.98. The number of benzene rings is 3. The molecule has 0 radical (unpaired) electrons. The van der Waals surface area contributed by atoms with Crippen LogP contribution in [0.1, 0.15) is 26.7 Å². The minimum Gasteiger partial charge on any atom is -0.322 e. The van der Waals surface area contributed by atoms with Crippen LogP contribution in [0.25, 0.3) is 0 Å². The maximum absolute atomic E-state index is 13.1. The monoisotopic (exact) mass is 453 g/mol. The van der Waals surface area contributed by atoms with E-state index in [1.165, 1.54) is 11.8 Å². The highest BCUT2D eigenvalue weighted by atomic mass is 32.2. The molecule has 0 saturated heterocycles. The first-order valence-electron chi connectivity index (χ1n) is 10.5. The number of rotatable bonds is 7. The zero-order valence-corrected chi connectivity index (χ0v) is 18.9. The molecule has 33 heavy (non-hydrogen) atoms. The molecule has 0 saturated carbocycles. The van der Waals surface area contributed by atoms with E-state index in [4.69, 9.17) is 0 Å². The normalized spacial score (nSPS) is 11.4. The summed E-state index contributed by atoms with van der Waals surface area (Å²) in [5.41, 5.74) is 3.30. The minimum absolute atomic E-state index is 0.151. The SMILES string of the molecule is Cc1ccc(C(=O)Nc2ccc(SC(C(=O)Nc3ccccn3)c3ccccc3)cc2)cc1. The summed E-state index contributed by atoms with van der Waals surface area (Å²) in [7, 11) is 0. The van der Waals surface area contributed by atoms with Gasteiger partial charge in [-0.2, -0.15) is 0 Å². The highest BCUT2D eigenvalue weighted by Gasteiger charge is 2.22. The molecule has 1 heterocycles. The van der Waals surface area contributed by atoms with Crippen molar-refractivity contribution in [2.75, 3.05) is 10.6 Å². The number of nitrogens with zero attached hydrogens (tertiary/aromatic N) is 1. The Labute approximate surface area is 197 Å². The number of carbonyl (C=O) groups is 2. The Balaban J connectivity index is 1.47. The lowest BCUT2D eigenvalue weighted by molar-refractivity contribution is -0.115. The number of thioether (sulfide) groups is 1. The molecule has 0 bridgehead atoms. The number of amides is 2. The third-order valence-electron chi connectivity index (χ3n) is 4.94. The van der Waals surface area contributed by atoms with Gasteiger partial charge in [0.15, 0.2) is 0 Å². The van der Waals surface area contributed by atoms with E-state index in [0.29, 0.717) is 17.1 Å². The summed E-state index contributed by atoms with van der Waals surface area (Å²) in [6.07, 6.45) is 1.64. The second-order valence-electron chi connectivity index (χ2n) is 7.46. The van der Waals surface area contributed by atoms with Crippen LogP contribution in [0.2, 0.25) is 0 Å². The fourth-order valence-corrected chi connectivity index (χ4v) is 4.21. The lowest BCUT2D eigenvalue weighted by Gasteiger charge is -2.17. The van der Waals surface area contributed by atoms with Crippen LogP contribution in [-0.4, -0.2) is 16.8 Å². The predicted octanol–water partition coefficient (Wildman–Crippen LogP) is 6.11. The number of hydrogen-bond acceptors (Lipinski definition) is 4. The Morgan fingerprint density at radius 1 is 0.788 bits per heavy atom. The van der Waals surface area contributed by atoms with Crippen LogP contribution < -0.4 is 10.6 Å². The van der Waals surface area contributed by atoms with Crippen molar-refractivity contribution < 1.29 is 9.59 Å². The highest BCUT2D eigenvalue weighted by molar-refractivity contribution is 8.00. The highest BCUT2D eigenvalue weighted by Crippen LogP contribution is 2.36. The Hall–Kier alpha value is -3.90. The summed E-state index contributed by atoms with van der Waals surface area (Å²) in [4.78, 5) is 30.6. The molecule has 4 rings (SSSR count). The zero-order chi connectivity index (χ0) is 23.0. The van der Waals surface area contributed by atoms with Crippen molar-refractivity contribution in [1.29, 1.82) is 0 Å². The summed E-state index contributed by atoms with van der Waals surface area (Å²) in [6, 6.07) is 29.9. The van der Waals surface area contributed by atoms with E-state index in [1.54, 1.807) is 30.5 Å². The van der Waals surface area contributed by atoms with Crippen molar-refractivity contribution in [2.45, 2.75) is 17.1 Å². The molecule has 5 nitrogen and oxygen atoms in total. The lowest BCUT2D eigenvalue weighted by Crippen LogP contribution is -2.19. The van der Waals surface area contributed by atoms with E-state index in [1.807, 2.05) is 79.7 Å². The van der Waals surface area contributed by atoms with Crippen LogP contribution >= 0.6 is 11.8 Å². The molecule has 1 unspecified atom stereocenters. The Kier molecular flexibility index (Phi) is 7.17. The van der Waals surface area contributed by atoms with Gasteiger partial charge in [-0.15, -0.1) is 11.8 Å². The zero-order valence-electron chi connectivity index (χ0n) is 18.1. The minimum atomic E-state index is -0.457. The van der Waals surface area contributed by atoms with E-state index in [2.05, 4.69) is 15.6 Å². The van der Waals surface area contributed by atoms with Crippen molar-refractivity contribution >= 4 is 35.1 Å². The van der Waals surface area contributed by atoms with Gasteiger partial charge in [-0.1, -0.05) is 54.1 Å². The third kappa shape index (κ3) is 6.08. The number of aryl methyl sites for hydroxylation is 1. The first-order chi connectivity index (χ1) is 16.1. The standard InChI is InChI=1S/C27H23N3O2S/c1-19-10-12-21(13-11-19)26(31)29-22-14-16-23(17-15-22)33-25(20-7-3-2-4-8-20)27(32)30-24-9-5-6-18-28-24/h2-18,25H,1H3,(H,29,31)(H,28,30,32). The quantitative estimate of drug-likeness (QED) is 0.331. The number of pyridine rings is 1. The molecule has 0 fully saturated rings. The van der Waals surface area contributed by atoms with Crippen LogP contribution in [0.5, 0.6) is 0 Å². The molecular weight excluding hydrogens is 430 g/mol. The van der Waals surface area contributed by atoms with Gasteiger partial charge in [-0.25, -0.2) is 4.98 Å². The number of nitrogens with one attached hydrogen (secondary N) is 2. The maximum atomic E-state index is 13.1. The number of aromatic nitrogens is 1. The lowest BCUT2D eigenvalue weighted by atomic mass is 10.1. The molecule has 2 N–H and O–H groups in total. The van der Waals surface area contributed by atoms with Gasteiger partial charge in [0.2, 0.25) is 5.91 Å². The average molecular weight is 454 g/mol. The molecule has 2 amide bonds. The first kappa shape index (κ1) is 22.3. The molecule has 0 aliphatic rings. The summed E-state index contributed by atoms with van der Waals surface area (Å²) < 4.78 is 0. The van der Waals surface area contributed by atoms with Gasteiger partial charge < -0.3 is 10.6 Å². The summed E-state index contributed by atoms with van der Waals surface area (Å²) >= 11 is 1.44. The number of hydrogen-bond donors (Lipinski definition) is 2. The topological polar surface area (TPSA) is 71.1 Å². The second-order valence-corrected chi connectivity index (χ2v) is 8.64. The van der Waals surface area contributed by atoms with Crippen LogP contribution in [0.4, 0.5) is 11.5 Å². The first-order valence-corrected chi connectivity index (χ1v) is 11.4. The van der Waals surface area contributed by atoms with Crippen LogP contribution in [0.15, 0.2) is 108 Å². The van der Waals surface area contributed by atoms with Crippen LogP contribution in [-0.2, 0) is 4.79 Å². The van der Waals surface area contributed by atoms with E-state index in [-0.39, 0.29) is 11.8 Å². The van der Waals surface area contributed by atoms with Crippen molar-refractivity contribution in [3.05, 3.63) is 120 Å². The fourth-order valence-electron chi connectivity index (χ4n) is 3.19. The Bertz CT molecular complexity index is 1210. The maximum Gasteiger partial charge on any atom is 0.255 e. The molecule has 0 spiro atoms. The molecule has 6 heteroatoms. The molecule has 4 aromatic rings. The predicted molar refractivity (Wildman–Crippen MR) is 133 cm³/mol. The van der Waals surface area contributed by atoms with Gasteiger partial charge in [0.05, 0.1) is 0 Å².